The molecule has 14 heavy (non-hydrogen) atoms. The summed E-state index contributed by atoms with van der Waals surface area (Å²) in [6, 6.07) is 7.48. The number of benzene rings is 1. The molecule has 4 heteroatoms. The van der Waals surface area contributed by atoms with E-state index in [-0.39, 0.29) is 0 Å². The molecule has 1 aromatic carbocycles. The summed E-state index contributed by atoms with van der Waals surface area (Å²) >= 11 is 7.15. The summed E-state index contributed by atoms with van der Waals surface area (Å²) < 4.78 is 5.16. The van der Waals surface area contributed by atoms with Crippen LogP contribution in [0.5, 0.6) is 5.06 Å². The van der Waals surface area contributed by atoms with Gasteiger partial charge in [-0.25, -0.2) is 4.98 Å². The van der Waals surface area contributed by atoms with Crippen molar-refractivity contribution in [1.82, 2.24) is 4.98 Å². The molecular weight excluding hydrogens is 218 g/mol. The minimum Gasteiger partial charge on any atom is -0.486 e. The smallest absolute Gasteiger partial charge is 0.202 e. The molecule has 1 radical (unpaired) electrons. The van der Waals surface area contributed by atoms with Gasteiger partial charge in [-0.15, -0.1) is 0 Å². The van der Waals surface area contributed by atoms with E-state index in [2.05, 4.69) is 10.5 Å². The molecule has 71 valence electrons. The Labute approximate surface area is 91.1 Å². The number of nitrogens with zero attached hydrogens (tertiary/aromatic N) is 1. The van der Waals surface area contributed by atoms with Crippen molar-refractivity contribution in [2.45, 2.75) is 0 Å². The molecule has 2 aromatic rings. The number of halogens is 1. The molecular formula is C10H7ClNOS. The fourth-order valence-corrected chi connectivity index (χ4v) is 1.82. The van der Waals surface area contributed by atoms with E-state index in [4.69, 9.17) is 16.3 Å². The van der Waals surface area contributed by atoms with E-state index in [0.29, 0.717) is 5.02 Å². The number of hydrogen-bond donors (Lipinski definition) is 0. The van der Waals surface area contributed by atoms with Gasteiger partial charge >= 0.3 is 0 Å². The molecule has 1 heterocycles. The first-order chi connectivity index (χ1) is 6.81. The largest absolute Gasteiger partial charge is 0.486 e. The van der Waals surface area contributed by atoms with Gasteiger partial charge < -0.3 is 4.74 Å². The summed E-state index contributed by atoms with van der Waals surface area (Å²) in [5, 5.41) is 1.49. The molecule has 0 bridgehead atoms. The minimum absolute atomic E-state index is 0.715. The maximum Gasteiger partial charge on any atom is 0.202 e. The molecule has 0 atom stereocenters. The Kier molecular flexibility index (Phi) is 2.70. The number of hydrogen-bond acceptors (Lipinski definition) is 3. The Morgan fingerprint density at radius 3 is 2.71 bits per heavy atom. The second kappa shape index (κ2) is 3.98. The highest BCUT2D eigenvalue weighted by molar-refractivity contribution is 7.11. The van der Waals surface area contributed by atoms with Crippen LogP contribution >= 0.6 is 22.9 Å². The van der Waals surface area contributed by atoms with Crippen LogP contribution in [0, 0.1) is 5.51 Å². The number of rotatable bonds is 2. The molecule has 1 aromatic heterocycles. The lowest BCUT2D eigenvalue weighted by Crippen LogP contribution is -1.83. The molecule has 0 saturated heterocycles. The van der Waals surface area contributed by atoms with Crippen LogP contribution in [0.2, 0.25) is 5.02 Å². The van der Waals surface area contributed by atoms with Gasteiger partial charge in [0.25, 0.3) is 0 Å². The van der Waals surface area contributed by atoms with E-state index in [9.17, 15) is 0 Å². The fraction of sp³-hybridized carbons (Fsp3) is 0.100. The molecule has 0 unspecified atom stereocenters. The van der Waals surface area contributed by atoms with Gasteiger partial charge in [-0.3, -0.25) is 0 Å². The monoisotopic (exact) mass is 224 g/mol. The molecule has 0 N–H and O–H groups in total. The summed E-state index contributed by atoms with van der Waals surface area (Å²) in [4.78, 5) is 4.11. The van der Waals surface area contributed by atoms with Crippen molar-refractivity contribution in [3.05, 3.63) is 34.8 Å². The molecule has 0 aliphatic rings. The second-order valence-corrected chi connectivity index (χ2v) is 3.85. The number of aromatic nitrogens is 1. The maximum atomic E-state index is 5.79. The lowest BCUT2D eigenvalue weighted by Gasteiger charge is -2.00. The number of ether oxygens (including phenoxy) is 1. The second-order valence-electron chi connectivity index (χ2n) is 2.65. The Bertz CT molecular complexity index is 424. The molecule has 0 spiro atoms. The van der Waals surface area contributed by atoms with Gasteiger partial charge in [0.2, 0.25) is 5.06 Å². The van der Waals surface area contributed by atoms with Crippen LogP contribution in [-0.4, -0.2) is 12.1 Å². The van der Waals surface area contributed by atoms with Crippen molar-refractivity contribution in [2.24, 2.45) is 0 Å². The summed E-state index contributed by atoms with van der Waals surface area (Å²) in [5.74, 6) is 0. The van der Waals surface area contributed by atoms with E-state index < -0.39 is 0 Å². The van der Waals surface area contributed by atoms with Crippen LogP contribution in [0.25, 0.3) is 11.3 Å². The van der Waals surface area contributed by atoms with Gasteiger partial charge in [0.15, 0.2) is 5.51 Å². The zero-order chi connectivity index (χ0) is 9.97. The predicted molar refractivity (Wildman–Crippen MR) is 57.9 cm³/mol. The van der Waals surface area contributed by atoms with Crippen molar-refractivity contribution < 1.29 is 4.74 Å². The molecule has 0 fully saturated rings. The average Bonchev–Trinajstić information content (AvgIpc) is 2.67. The third-order valence-corrected chi connectivity index (χ3v) is 2.77. The van der Waals surface area contributed by atoms with Gasteiger partial charge in [-0.05, 0) is 12.1 Å². The van der Waals surface area contributed by atoms with Gasteiger partial charge in [0.05, 0.1) is 7.11 Å². The van der Waals surface area contributed by atoms with Gasteiger partial charge in [0.1, 0.15) is 5.69 Å². The van der Waals surface area contributed by atoms with Crippen LogP contribution in [-0.2, 0) is 0 Å². The van der Waals surface area contributed by atoms with Crippen molar-refractivity contribution >= 4 is 22.9 Å². The van der Waals surface area contributed by atoms with E-state index >= 15 is 0 Å². The Hall–Kier alpha value is -1.06. The third-order valence-electron chi connectivity index (χ3n) is 1.79. The summed E-state index contributed by atoms with van der Waals surface area (Å²) in [7, 11) is 1.63. The zero-order valence-corrected chi connectivity index (χ0v) is 9.02. The highest BCUT2D eigenvalue weighted by Gasteiger charge is 2.08. The van der Waals surface area contributed by atoms with Crippen molar-refractivity contribution in [3.63, 3.8) is 0 Å². The summed E-state index contributed by atoms with van der Waals surface area (Å²) in [6.45, 7) is 0. The van der Waals surface area contributed by atoms with Crippen molar-refractivity contribution in [2.75, 3.05) is 7.11 Å². The van der Waals surface area contributed by atoms with Crippen molar-refractivity contribution in [3.8, 4) is 16.3 Å². The molecule has 0 saturated carbocycles. The van der Waals surface area contributed by atoms with Crippen molar-refractivity contribution in [1.29, 1.82) is 0 Å². The standard InChI is InChI=1S/C10H7ClNOS/c1-13-10-9(12-6-14-10)7-2-4-8(11)5-3-7/h2-5H,1H3. The van der Waals surface area contributed by atoms with E-state index in [1.54, 1.807) is 7.11 Å². The van der Waals surface area contributed by atoms with Crippen LogP contribution in [0.15, 0.2) is 24.3 Å². The quantitative estimate of drug-likeness (QED) is 0.781. The first-order valence-corrected chi connectivity index (χ1v) is 5.17. The van der Waals surface area contributed by atoms with Gasteiger partial charge in [0, 0.05) is 10.6 Å². The highest BCUT2D eigenvalue weighted by Crippen LogP contribution is 2.32. The highest BCUT2D eigenvalue weighted by atomic mass is 35.5. The molecule has 0 aliphatic heterocycles. The first kappa shape index (κ1) is 9.49. The molecule has 2 nitrogen and oxygen atoms in total. The van der Waals surface area contributed by atoms with Crippen LogP contribution < -0.4 is 4.74 Å². The molecule has 2 rings (SSSR count). The minimum atomic E-state index is 0.715. The summed E-state index contributed by atoms with van der Waals surface area (Å²) in [6.07, 6.45) is 0. The zero-order valence-electron chi connectivity index (χ0n) is 7.45. The Balaban J connectivity index is 2.44. The fourth-order valence-electron chi connectivity index (χ4n) is 1.13. The number of thiazole rings is 1. The average molecular weight is 225 g/mol. The Morgan fingerprint density at radius 1 is 1.36 bits per heavy atom. The van der Waals surface area contributed by atoms with Crippen LogP contribution in [0.4, 0.5) is 0 Å². The molecule has 0 amide bonds. The van der Waals surface area contributed by atoms with Crippen LogP contribution in [0.3, 0.4) is 0 Å². The predicted octanol–water partition coefficient (Wildman–Crippen LogP) is 3.27. The van der Waals surface area contributed by atoms with Crippen LogP contribution in [0.1, 0.15) is 0 Å². The normalized spacial score (nSPS) is 10.1. The lowest BCUT2D eigenvalue weighted by molar-refractivity contribution is 0.428. The topological polar surface area (TPSA) is 22.1 Å². The van der Waals surface area contributed by atoms with Gasteiger partial charge in [-0.1, -0.05) is 35.1 Å². The van der Waals surface area contributed by atoms with Gasteiger partial charge in [-0.2, -0.15) is 0 Å². The first-order valence-electron chi connectivity index (χ1n) is 3.98. The van der Waals surface area contributed by atoms with E-state index in [1.807, 2.05) is 24.3 Å². The number of methoxy groups -OCH3 is 1. The lowest BCUT2D eigenvalue weighted by atomic mass is 10.2. The van der Waals surface area contributed by atoms with E-state index in [0.717, 1.165) is 16.3 Å². The Morgan fingerprint density at radius 2 is 2.07 bits per heavy atom. The SMILES string of the molecule is COc1s[c]nc1-c1ccc(Cl)cc1. The third kappa shape index (κ3) is 1.74. The molecule has 0 aliphatic carbocycles. The van der Waals surface area contributed by atoms with E-state index in [1.165, 1.54) is 11.3 Å². The summed E-state index contributed by atoms with van der Waals surface area (Å²) in [5.41, 5.74) is 4.60. The maximum absolute atomic E-state index is 5.79.